The van der Waals surface area contributed by atoms with Crippen molar-refractivity contribution in [3.8, 4) is 0 Å². The van der Waals surface area contributed by atoms with Crippen molar-refractivity contribution in [3.05, 3.63) is 28.9 Å². The van der Waals surface area contributed by atoms with Crippen molar-refractivity contribution in [3.63, 3.8) is 0 Å². The minimum absolute atomic E-state index is 0.0141. The number of halogens is 1. The zero-order valence-electron chi connectivity index (χ0n) is 12.5. The summed E-state index contributed by atoms with van der Waals surface area (Å²) < 4.78 is 25.6. The molecule has 0 unspecified atom stereocenters. The summed E-state index contributed by atoms with van der Waals surface area (Å²) >= 11 is 5.96. The topological polar surface area (TPSA) is 93.0 Å². The average molecular weight is 343 g/mol. The first-order valence-electron chi connectivity index (χ1n) is 7.13. The lowest BCUT2D eigenvalue weighted by molar-refractivity contribution is 0.0993. The number of fused-ring (bicyclic) bond motifs is 1. The molecule has 5 nitrogen and oxygen atoms in total. The van der Waals surface area contributed by atoms with Crippen LogP contribution in [0.15, 0.2) is 23.1 Å². The second-order valence-corrected chi connectivity index (χ2v) is 7.75. The summed E-state index contributed by atoms with van der Waals surface area (Å²) in [4.78, 5) is 14.4. The molecule has 0 spiro atoms. The van der Waals surface area contributed by atoms with Gasteiger partial charge in [0.1, 0.15) is 10.6 Å². The van der Waals surface area contributed by atoms with E-state index in [0.29, 0.717) is 15.9 Å². The molecular formula is C15H19ClN2O3S. The van der Waals surface area contributed by atoms with Gasteiger partial charge in [-0.3, -0.25) is 4.79 Å². The molecule has 3 N–H and O–H groups in total. The van der Waals surface area contributed by atoms with Gasteiger partial charge in [0.2, 0.25) is 0 Å². The highest BCUT2D eigenvalue weighted by molar-refractivity contribution is 7.91. The Kier molecular flexibility index (Phi) is 4.82. The Hall–Kier alpha value is -1.53. The number of hydrogen-bond donors (Lipinski definition) is 2. The maximum Gasteiger partial charge on any atom is 0.266 e. The number of carbonyl (C=O) groups excluding carboxylic acids is 1. The molecule has 0 saturated carbocycles. The maximum absolute atomic E-state index is 12.8. The van der Waals surface area contributed by atoms with Crippen LogP contribution in [-0.4, -0.2) is 25.1 Å². The number of amides is 1. The molecule has 2 rings (SSSR count). The Balaban J connectivity index is 2.68. The van der Waals surface area contributed by atoms with Gasteiger partial charge in [-0.15, -0.1) is 0 Å². The minimum atomic E-state index is -3.65. The number of sulfone groups is 1. The van der Waals surface area contributed by atoms with E-state index in [0.717, 1.165) is 12.8 Å². The lowest BCUT2D eigenvalue weighted by Gasteiger charge is -2.13. The van der Waals surface area contributed by atoms with Crippen molar-refractivity contribution in [2.24, 2.45) is 11.7 Å². The Morgan fingerprint density at radius 2 is 1.95 bits per heavy atom. The molecule has 2 aromatic rings. The summed E-state index contributed by atoms with van der Waals surface area (Å²) in [7, 11) is -3.65. The van der Waals surface area contributed by atoms with Crippen molar-refractivity contribution in [2.75, 3.05) is 5.75 Å². The molecule has 0 fully saturated rings. The lowest BCUT2D eigenvalue weighted by atomic mass is 10.1. The van der Waals surface area contributed by atoms with Crippen LogP contribution in [0.5, 0.6) is 0 Å². The predicted molar refractivity (Wildman–Crippen MR) is 88.0 cm³/mol. The van der Waals surface area contributed by atoms with Gasteiger partial charge in [-0.1, -0.05) is 38.3 Å². The first-order chi connectivity index (χ1) is 10.3. The summed E-state index contributed by atoms with van der Waals surface area (Å²) in [6.07, 6.45) is 1.51. The second-order valence-electron chi connectivity index (χ2n) is 5.35. The Morgan fingerprint density at radius 1 is 1.32 bits per heavy atom. The van der Waals surface area contributed by atoms with Crippen LogP contribution in [0, 0.1) is 5.92 Å². The van der Waals surface area contributed by atoms with Gasteiger partial charge in [0.25, 0.3) is 5.91 Å². The van der Waals surface area contributed by atoms with Crippen LogP contribution in [0.4, 0.5) is 0 Å². The highest BCUT2D eigenvalue weighted by atomic mass is 35.5. The van der Waals surface area contributed by atoms with E-state index in [1.165, 1.54) is 0 Å². The van der Waals surface area contributed by atoms with Crippen LogP contribution in [0.25, 0.3) is 10.9 Å². The molecule has 1 heterocycles. The average Bonchev–Trinajstić information content (AvgIpc) is 2.84. The zero-order valence-corrected chi connectivity index (χ0v) is 14.1. The van der Waals surface area contributed by atoms with Gasteiger partial charge >= 0.3 is 0 Å². The van der Waals surface area contributed by atoms with E-state index < -0.39 is 15.7 Å². The highest BCUT2D eigenvalue weighted by Crippen LogP contribution is 2.31. The first kappa shape index (κ1) is 16.8. The molecule has 0 aliphatic heterocycles. The molecule has 120 valence electrons. The number of hydrogen-bond acceptors (Lipinski definition) is 3. The molecule has 0 atom stereocenters. The minimum Gasteiger partial charge on any atom is -0.364 e. The molecule has 0 bridgehead atoms. The molecule has 1 aromatic carbocycles. The Labute approximate surface area is 134 Å². The van der Waals surface area contributed by atoms with Crippen LogP contribution in [0.3, 0.4) is 0 Å². The molecule has 1 aromatic heterocycles. The van der Waals surface area contributed by atoms with Crippen molar-refractivity contribution in [2.45, 2.75) is 31.6 Å². The molecule has 0 saturated heterocycles. The van der Waals surface area contributed by atoms with Crippen molar-refractivity contribution in [1.29, 1.82) is 0 Å². The van der Waals surface area contributed by atoms with Gasteiger partial charge in [0.15, 0.2) is 9.84 Å². The van der Waals surface area contributed by atoms with E-state index in [4.69, 9.17) is 17.3 Å². The number of nitrogens with one attached hydrogen (secondary N) is 1. The van der Waals surface area contributed by atoms with Crippen LogP contribution in [-0.2, 0) is 9.84 Å². The summed E-state index contributed by atoms with van der Waals surface area (Å²) in [5.74, 6) is -0.773. The van der Waals surface area contributed by atoms with E-state index in [1.54, 1.807) is 18.2 Å². The molecule has 7 heteroatoms. The SMILES string of the molecule is CCC(CC)CS(=O)(=O)c1c(C(N)=O)[nH]c2ccc(Cl)cc12. The molecule has 0 aliphatic carbocycles. The van der Waals surface area contributed by atoms with E-state index in [1.807, 2.05) is 13.8 Å². The molecular weight excluding hydrogens is 324 g/mol. The maximum atomic E-state index is 12.8. The standard InChI is InChI=1S/C15H19ClN2O3S/c1-3-9(4-2)8-22(20,21)14-11-7-10(16)5-6-12(11)18-13(14)15(17)19/h5-7,9,18H,3-4,8H2,1-2H3,(H2,17,19). The fourth-order valence-electron chi connectivity index (χ4n) is 2.55. The van der Waals surface area contributed by atoms with Crippen molar-refractivity contribution in [1.82, 2.24) is 4.98 Å². The monoisotopic (exact) mass is 342 g/mol. The van der Waals surface area contributed by atoms with Gasteiger partial charge in [-0.2, -0.15) is 0 Å². The van der Waals surface area contributed by atoms with Gasteiger partial charge in [0, 0.05) is 15.9 Å². The summed E-state index contributed by atoms with van der Waals surface area (Å²) in [6.45, 7) is 3.90. The van der Waals surface area contributed by atoms with Gasteiger partial charge in [0.05, 0.1) is 5.75 Å². The van der Waals surface area contributed by atoms with Crippen LogP contribution >= 0.6 is 11.6 Å². The number of rotatable bonds is 6. The highest BCUT2D eigenvalue weighted by Gasteiger charge is 2.28. The zero-order chi connectivity index (χ0) is 16.5. The number of benzene rings is 1. The number of aromatic nitrogens is 1. The quantitative estimate of drug-likeness (QED) is 0.844. The van der Waals surface area contributed by atoms with Crippen molar-refractivity contribution < 1.29 is 13.2 Å². The molecule has 22 heavy (non-hydrogen) atoms. The predicted octanol–water partition coefficient (Wildman–Crippen LogP) is 3.13. The van der Waals surface area contributed by atoms with Crippen LogP contribution in [0.2, 0.25) is 5.02 Å². The third kappa shape index (κ3) is 3.13. The largest absolute Gasteiger partial charge is 0.364 e. The molecule has 0 aliphatic rings. The third-order valence-corrected chi connectivity index (χ3v) is 6.07. The summed E-state index contributed by atoms with van der Waals surface area (Å²) in [5.41, 5.74) is 5.79. The lowest BCUT2D eigenvalue weighted by Crippen LogP contribution is -2.20. The normalized spacial score (nSPS) is 12.2. The summed E-state index contributed by atoms with van der Waals surface area (Å²) in [6, 6.07) is 4.81. The van der Waals surface area contributed by atoms with E-state index in [9.17, 15) is 13.2 Å². The van der Waals surface area contributed by atoms with Gasteiger partial charge in [-0.25, -0.2) is 8.42 Å². The molecule has 1 amide bonds. The fourth-order valence-corrected chi connectivity index (χ4v) is 4.95. The number of H-pyrrole nitrogens is 1. The smallest absolute Gasteiger partial charge is 0.266 e. The van der Waals surface area contributed by atoms with Crippen LogP contribution in [0.1, 0.15) is 37.2 Å². The third-order valence-electron chi connectivity index (χ3n) is 3.88. The number of aromatic amines is 1. The first-order valence-corrected chi connectivity index (χ1v) is 9.17. The Bertz CT molecular complexity index is 808. The van der Waals surface area contributed by atoms with E-state index in [-0.39, 0.29) is 22.3 Å². The van der Waals surface area contributed by atoms with E-state index >= 15 is 0 Å². The van der Waals surface area contributed by atoms with Crippen molar-refractivity contribution >= 4 is 38.2 Å². The Morgan fingerprint density at radius 3 is 2.50 bits per heavy atom. The summed E-state index contributed by atoms with van der Waals surface area (Å²) in [5, 5.41) is 0.814. The second kappa shape index (κ2) is 6.30. The molecule has 0 radical (unpaired) electrons. The van der Waals surface area contributed by atoms with Crippen LogP contribution < -0.4 is 5.73 Å². The van der Waals surface area contributed by atoms with Gasteiger partial charge < -0.3 is 10.7 Å². The van der Waals surface area contributed by atoms with E-state index in [2.05, 4.69) is 4.98 Å². The number of nitrogens with two attached hydrogens (primary N) is 1. The fraction of sp³-hybridized carbons (Fsp3) is 0.400. The number of carbonyl (C=O) groups is 1. The van der Waals surface area contributed by atoms with Gasteiger partial charge in [-0.05, 0) is 24.1 Å². The number of primary amides is 1.